The molecule has 152 valence electrons. The largest absolute Gasteiger partial charge is 0.391 e. The number of nitrogens with one attached hydrogen (secondary N) is 1. The van der Waals surface area contributed by atoms with Crippen LogP contribution in [0.3, 0.4) is 0 Å². The van der Waals surface area contributed by atoms with E-state index in [0.717, 1.165) is 18.7 Å². The summed E-state index contributed by atoms with van der Waals surface area (Å²) < 4.78 is 13.1. The molecule has 3 N–H and O–H groups in total. The number of benzene rings is 1. The van der Waals surface area contributed by atoms with Crippen molar-refractivity contribution in [2.24, 2.45) is 0 Å². The Hall–Kier alpha value is -2.88. The van der Waals surface area contributed by atoms with Crippen LogP contribution in [0.15, 0.2) is 42.7 Å². The average molecular weight is 399 g/mol. The Morgan fingerprint density at radius 2 is 1.79 bits per heavy atom. The molecule has 1 saturated heterocycles. The van der Waals surface area contributed by atoms with Gasteiger partial charge in [-0.1, -0.05) is 24.3 Å². The van der Waals surface area contributed by atoms with E-state index in [1.165, 1.54) is 24.5 Å². The minimum absolute atomic E-state index is 0.181. The molecule has 1 aliphatic carbocycles. The molecule has 1 amide bonds. The van der Waals surface area contributed by atoms with Crippen LogP contribution in [-0.2, 0) is 0 Å². The summed E-state index contributed by atoms with van der Waals surface area (Å²) in [6, 6.07) is 6.27. The van der Waals surface area contributed by atoms with E-state index in [0.29, 0.717) is 25.5 Å². The van der Waals surface area contributed by atoms with Gasteiger partial charge in [-0.3, -0.25) is 14.9 Å². The molecule has 0 spiro atoms. The highest BCUT2D eigenvalue weighted by atomic mass is 19.1. The van der Waals surface area contributed by atoms with E-state index in [4.69, 9.17) is 5.21 Å². The molecular formula is C20H22FN5O3. The van der Waals surface area contributed by atoms with Gasteiger partial charge < -0.3 is 10.0 Å². The van der Waals surface area contributed by atoms with Gasteiger partial charge in [-0.2, -0.15) is 0 Å². The molecule has 1 aromatic carbocycles. The Morgan fingerprint density at radius 3 is 2.34 bits per heavy atom. The average Bonchev–Trinajstić information content (AvgIpc) is 3.43. The Bertz CT molecular complexity index is 897. The van der Waals surface area contributed by atoms with E-state index in [1.807, 2.05) is 17.1 Å². The van der Waals surface area contributed by atoms with Crippen molar-refractivity contribution in [1.82, 2.24) is 20.3 Å². The smallest absolute Gasteiger partial charge is 0.277 e. The molecule has 4 rings (SSSR count). The summed E-state index contributed by atoms with van der Waals surface area (Å²) in [4.78, 5) is 24.0. The second kappa shape index (κ2) is 7.86. The van der Waals surface area contributed by atoms with Gasteiger partial charge in [0.1, 0.15) is 5.82 Å². The quantitative estimate of drug-likeness (QED) is 0.511. The van der Waals surface area contributed by atoms with Crippen molar-refractivity contribution in [2.75, 3.05) is 31.1 Å². The van der Waals surface area contributed by atoms with Crippen LogP contribution in [0.25, 0.3) is 6.08 Å². The maximum Gasteiger partial charge on any atom is 0.277 e. The number of hydrogen-bond donors (Lipinski definition) is 3. The lowest BCUT2D eigenvalue weighted by molar-refractivity contribution is 0.0705. The van der Waals surface area contributed by atoms with Crippen molar-refractivity contribution in [3.05, 3.63) is 59.7 Å². The van der Waals surface area contributed by atoms with Crippen LogP contribution < -0.4 is 10.4 Å². The van der Waals surface area contributed by atoms with Gasteiger partial charge in [-0.15, -0.1) is 0 Å². The van der Waals surface area contributed by atoms with Gasteiger partial charge in [0.15, 0.2) is 0 Å². The van der Waals surface area contributed by atoms with Gasteiger partial charge in [-0.05, 0) is 24.1 Å². The fourth-order valence-corrected chi connectivity index (χ4v) is 3.68. The zero-order chi connectivity index (χ0) is 20.4. The SMILES string of the molecule is O=C(NO)c1cnc(N2CCN(C3(/C=C/c4ccc(F)cc4)CC3O)CC2)nc1. The lowest BCUT2D eigenvalue weighted by Gasteiger charge is -2.38. The topological polar surface area (TPSA) is 102 Å². The summed E-state index contributed by atoms with van der Waals surface area (Å²) in [6.07, 6.45) is 6.94. The fraction of sp³-hybridized carbons (Fsp3) is 0.350. The molecule has 2 unspecified atom stereocenters. The van der Waals surface area contributed by atoms with Crippen LogP contribution >= 0.6 is 0 Å². The van der Waals surface area contributed by atoms with E-state index in [1.54, 1.807) is 17.6 Å². The first-order valence-corrected chi connectivity index (χ1v) is 9.41. The lowest BCUT2D eigenvalue weighted by atomic mass is 10.1. The lowest BCUT2D eigenvalue weighted by Crippen LogP contribution is -2.52. The number of aliphatic hydroxyl groups is 1. The zero-order valence-electron chi connectivity index (χ0n) is 15.7. The maximum atomic E-state index is 13.1. The van der Waals surface area contributed by atoms with Gasteiger partial charge in [-0.25, -0.2) is 19.8 Å². The predicted octanol–water partition coefficient (Wildman–Crippen LogP) is 1.07. The highest BCUT2D eigenvalue weighted by Gasteiger charge is 2.56. The summed E-state index contributed by atoms with van der Waals surface area (Å²) in [5, 5.41) is 18.9. The molecule has 0 radical (unpaired) electrons. The highest BCUT2D eigenvalue weighted by molar-refractivity contribution is 5.92. The van der Waals surface area contributed by atoms with Crippen LogP contribution in [0.1, 0.15) is 22.3 Å². The first-order valence-electron chi connectivity index (χ1n) is 9.41. The Kier molecular flexibility index (Phi) is 5.27. The van der Waals surface area contributed by atoms with Gasteiger partial charge in [0.25, 0.3) is 5.91 Å². The fourth-order valence-electron chi connectivity index (χ4n) is 3.68. The minimum atomic E-state index is -0.654. The normalized spacial score (nSPS) is 24.7. The Morgan fingerprint density at radius 1 is 1.17 bits per heavy atom. The predicted molar refractivity (Wildman–Crippen MR) is 104 cm³/mol. The Balaban J connectivity index is 1.39. The highest BCUT2D eigenvalue weighted by Crippen LogP contribution is 2.44. The molecule has 2 aliphatic rings. The molecule has 0 bridgehead atoms. The molecule has 1 saturated carbocycles. The molecule has 9 heteroatoms. The molecule has 8 nitrogen and oxygen atoms in total. The number of piperazine rings is 1. The van der Waals surface area contributed by atoms with E-state index in [-0.39, 0.29) is 16.9 Å². The van der Waals surface area contributed by atoms with Gasteiger partial charge in [0.2, 0.25) is 5.95 Å². The third-order valence-corrected chi connectivity index (χ3v) is 5.52. The summed E-state index contributed by atoms with van der Waals surface area (Å²) in [5.41, 5.74) is 2.24. The van der Waals surface area contributed by atoms with Crippen molar-refractivity contribution in [3.63, 3.8) is 0 Å². The molecule has 1 aliphatic heterocycles. The number of hydrogen-bond acceptors (Lipinski definition) is 7. The summed E-state index contributed by atoms with van der Waals surface area (Å²) in [6.45, 7) is 2.83. The van der Waals surface area contributed by atoms with E-state index in [9.17, 15) is 14.3 Å². The van der Waals surface area contributed by atoms with E-state index in [2.05, 4.69) is 14.9 Å². The molecule has 29 heavy (non-hydrogen) atoms. The number of aromatic nitrogens is 2. The molecule has 2 atom stereocenters. The number of halogens is 1. The summed E-state index contributed by atoms with van der Waals surface area (Å²) in [5.74, 6) is -0.406. The molecular weight excluding hydrogens is 377 g/mol. The van der Waals surface area contributed by atoms with E-state index >= 15 is 0 Å². The minimum Gasteiger partial charge on any atom is -0.391 e. The number of carbonyl (C=O) groups excluding carboxylic acids is 1. The molecule has 1 aromatic heterocycles. The number of carbonyl (C=O) groups is 1. The van der Waals surface area contributed by atoms with Crippen LogP contribution in [0.4, 0.5) is 10.3 Å². The van der Waals surface area contributed by atoms with Gasteiger partial charge in [0, 0.05) is 38.6 Å². The number of amides is 1. The molecule has 2 aromatic rings. The molecule has 2 fully saturated rings. The van der Waals surface area contributed by atoms with Gasteiger partial charge >= 0.3 is 0 Å². The third kappa shape index (κ3) is 3.98. The first-order chi connectivity index (χ1) is 14.0. The van der Waals surface area contributed by atoms with Crippen molar-refractivity contribution in [2.45, 2.75) is 18.1 Å². The number of aliphatic hydroxyl groups excluding tert-OH is 1. The first kappa shape index (κ1) is 19.4. The van der Waals surface area contributed by atoms with Crippen molar-refractivity contribution in [3.8, 4) is 0 Å². The number of rotatable bonds is 5. The van der Waals surface area contributed by atoms with E-state index < -0.39 is 12.0 Å². The summed E-state index contributed by atoms with van der Waals surface area (Å²) >= 11 is 0. The Labute approximate surface area is 167 Å². The van der Waals surface area contributed by atoms with Crippen LogP contribution in [0.5, 0.6) is 0 Å². The molecule has 2 heterocycles. The van der Waals surface area contributed by atoms with Crippen LogP contribution in [-0.4, -0.2) is 68.9 Å². The zero-order valence-corrected chi connectivity index (χ0v) is 15.7. The third-order valence-electron chi connectivity index (χ3n) is 5.52. The maximum absolute atomic E-state index is 13.1. The second-order valence-electron chi connectivity index (χ2n) is 7.28. The second-order valence-corrected chi connectivity index (χ2v) is 7.28. The number of hydroxylamine groups is 1. The monoisotopic (exact) mass is 399 g/mol. The number of nitrogens with zero attached hydrogens (tertiary/aromatic N) is 4. The number of anilines is 1. The van der Waals surface area contributed by atoms with Gasteiger partial charge in [0.05, 0.1) is 17.2 Å². The standard InChI is InChI=1S/C20H22FN5O3/c21-16-3-1-14(2-4-16)5-6-20(11-17(20)27)26-9-7-25(8-10-26)19-22-12-15(13-23-19)18(28)24-29/h1-6,12-13,17,27,29H,7-11H2,(H,24,28)/b6-5+. The van der Waals surface area contributed by atoms with Crippen LogP contribution in [0.2, 0.25) is 0 Å². The van der Waals surface area contributed by atoms with Crippen LogP contribution in [0, 0.1) is 5.82 Å². The van der Waals surface area contributed by atoms with Crippen molar-refractivity contribution < 1.29 is 19.5 Å². The van der Waals surface area contributed by atoms with Crippen molar-refractivity contribution in [1.29, 1.82) is 0 Å². The summed E-state index contributed by atoms with van der Waals surface area (Å²) in [7, 11) is 0. The van der Waals surface area contributed by atoms with Crippen molar-refractivity contribution >= 4 is 17.9 Å².